The summed E-state index contributed by atoms with van der Waals surface area (Å²) in [4.78, 5) is 0. The molecule has 0 bridgehead atoms. The molecule has 0 aromatic heterocycles. The molecule has 1 aliphatic rings. The number of rotatable bonds is 4. The van der Waals surface area contributed by atoms with Crippen molar-refractivity contribution in [3.63, 3.8) is 0 Å². The van der Waals surface area contributed by atoms with Crippen molar-refractivity contribution in [2.45, 2.75) is 68.2 Å². The van der Waals surface area contributed by atoms with Gasteiger partial charge in [-0.15, -0.1) is 0 Å². The van der Waals surface area contributed by atoms with Crippen LogP contribution in [0.3, 0.4) is 0 Å². The summed E-state index contributed by atoms with van der Waals surface area (Å²) in [5.41, 5.74) is 8.70. The van der Waals surface area contributed by atoms with Crippen LogP contribution < -0.4 is 0 Å². The fourth-order valence-electron chi connectivity index (χ4n) is 5.81. The van der Waals surface area contributed by atoms with E-state index in [0.717, 1.165) is 12.8 Å². The predicted octanol–water partition coefficient (Wildman–Crippen LogP) is 8.64. The Morgan fingerprint density at radius 1 is 0.655 bits per heavy atom. The van der Waals surface area contributed by atoms with Crippen molar-refractivity contribution in [2.24, 2.45) is 16.2 Å². The van der Waals surface area contributed by atoms with Crippen molar-refractivity contribution in [3.05, 3.63) is 81.9 Å². The van der Waals surface area contributed by atoms with E-state index < -0.39 is 0 Å². The molecule has 1 aliphatic carbocycles. The molecule has 1 fully saturated rings. The van der Waals surface area contributed by atoms with Gasteiger partial charge in [0.25, 0.3) is 0 Å². The average molecular weight is 387 g/mol. The van der Waals surface area contributed by atoms with E-state index in [0.29, 0.717) is 0 Å². The molecule has 0 N–H and O–H groups in total. The Hall–Kier alpha value is -2.08. The molecule has 1 saturated carbocycles. The second-order valence-corrected chi connectivity index (χ2v) is 9.94. The van der Waals surface area contributed by atoms with Crippen molar-refractivity contribution >= 4 is 12.2 Å². The van der Waals surface area contributed by atoms with Gasteiger partial charge in [0, 0.05) is 5.41 Å². The van der Waals surface area contributed by atoms with Crippen LogP contribution in [0.2, 0.25) is 0 Å². The summed E-state index contributed by atoms with van der Waals surface area (Å²) in [6.45, 7) is 19.0. The van der Waals surface area contributed by atoms with Gasteiger partial charge in [-0.25, -0.2) is 0 Å². The molecule has 2 aromatic rings. The van der Waals surface area contributed by atoms with Crippen molar-refractivity contribution in [3.8, 4) is 0 Å². The highest BCUT2D eigenvalue weighted by Gasteiger charge is 2.60. The van der Waals surface area contributed by atoms with Gasteiger partial charge in [0.05, 0.1) is 0 Å². The normalized spacial score (nSPS) is 29.0. The van der Waals surface area contributed by atoms with E-state index in [2.05, 4.69) is 116 Å². The molecule has 0 radical (unpaired) electrons. The second-order valence-electron chi connectivity index (χ2n) is 9.94. The first-order valence-electron chi connectivity index (χ1n) is 11.2. The summed E-state index contributed by atoms with van der Waals surface area (Å²) in [7, 11) is 0. The molecule has 2 aromatic carbocycles. The highest BCUT2D eigenvalue weighted by molar-refractivity contribution is 5.68. The number of allylic oxidation sites excluding steroid dienone is 2. The van der Waals surface area contributed by atoms with Crippen molar-refractivity contribution in [2.75, 3.05) is 0 Å². The van der Waals surface area contributed by atoms with Gasteiger partial charge in [-0.2, -0.15) is 0 Å². The third-order valence-electron chi connectivity index (χ3n) is 7.87. The molecular weight excluding hydrogens is 348 g/mol. The topological polar surface area (TPSA) is 0 Å². The Kier molecular flexibility index (Phi) is 5.69. The molecule has 0 spiro atoms. The third-order valence-corrected chi connectivity index (χ3v) is 7.87. The Balaban J connectivity index is 2.28. The Morgan fingerprint density at radius 2 is 1.03 bits per heavy atom. The van der Waals surface area contributed by atoms with Crippen LogP contribution in [0.4, 0.5) is 0 Å². The minimum atomic E-state index is 0.0169. The first-order chi connectivity index (χ1) is 13.6. The fraction of sp³-hybridized carbons (Fsp3) is 0.448. The second kappa shape index (κ2) is 7.63. The number of aryl methyl sites for hydroxylation is 2. The van der Waals surface area contributed by atoms with Crippen LogP contribution in [0, 0.1) is 30.1 Å². The lowest BCUT2D eigenvalue weighted by Crippen LogP contribution is -2.33. The van der Waals surface area contributed by atoms with Gasteiger partial charge in [0.1, 0.15) is 0 Å². The smallest absolute Gasteiger partial charge is 0.00822 e. The van der Waals surface area contributed by atoms with Crippen molar-refractivity contribution in [1.82, 2.24) is 0 Å². The van der Waals surface area contributed by atoms with Gasteiger partial charge in [0.2, 0.25) is 0 Å². The number of hydrogen-bond acceptors (Lipinski definition) is 0. The van der Waals surface area contributed by atoms with E-state index in [-0.39, 0.29) is 16.2 Å². The SMILES string of the molecule is CCC1(C)C(=Cc2cccc(C)c2)C(C)(C)C(=Cc2cccc(C)c2)C1(C)CC. The summed E-state index contributed by atoms with van der Waals surface area (Å²) < 4.78 is 0. The van der Waals surface area contributed by atoms with Gasteiger partial charge < -0.3 is 0 Å². The quantitative estimate of drug-likeness (QED) is 0.493. The van der Waals surface area contributed by atoms with Crippen LogP contribution in [0.5, 0.6) is 0 Å². The van der Waals surface area contributed by atoms with Crippen molar-refractivity contribution < 1.29 is 0 Å². The van der Waals surface area contributed by atoms with E-state index in [4.69, 9.17) is 0 Å². The van der Waals surface area contributed by atoms with Crippen LogP contribution in [-0.2, 0) is 0 Å². The van der Waals surface area contributed by atoms with Crippen LogP contribution in [0.1, 0.15) is 76.6 Å². The summed E-state index contributed by atoms with van der Waals surface area (Å²) in [6.07, 6.45) is 7.26. The highest BCUT2D eigenvalue weighted by Crippen LogP contribution is 2.69. The minimum Gasteiger partial charge on any atom is -0.0645 e. The van der Waals surface area contributed by atoms with E-state index in [1.807, 2.05) is 0 Å². The molecule has 3 rings (SSSR count). The molecular formula is C29H38. The molecule has 29 heavy (non-hydrogen) atoms. The summed E-state index contributed by atoms with van der Waals surface area (Å²) in [6, 6.07) is 17.8. The van der Waals surface area contributed by atoms with Crippen LogP contribution in [0.25, 0.3) is 12.2 Å². The molecule has 0 nitrogen and oxygen atoms in total. The summed E-state index contributed by atoms with van der Waals surface area (Å²) >= 11 is 0. The van der Waals surface area contributed by atoms with E-state index in [1.54, 1.807) is 11.1 Å². The van der Waals surface area contributed by atoms with Gasteiger partial charge in [-0.3, -0.25) is 0 Å². The molecule has 2 unspecified atom stereocenters. The number of hydrogen-bond donors (Lipinski definition) is 0. The first-order valence-corrected chi connectivity index (χ1v) is 11.2. The molecule has 0 heteroatoms. The Labute approximate surface area is 178 Å². The average Bonchev–Trinajstić information content (AvgIpc) is 2.80. The summed E-state index contributed by atoms with van der Waals surface area (Å²) in [5.74, 6) is 0. The van der Waals surface area contributed by atoms with E-state index in [9.17, 15) is 0 Å². The van der Waals surface area contributed by atoms with Gasteiger partial charge in [-0.05, 0) is 48.6 Å². The lowest BCUT2D eigenvalue weighted by atomic mass is 9.62. The van der Waals surface area contributed by atoms with Crippen LogP contribution in [-0.4, -0.2) is 0 Å². The molecule has 0 amide bonds. The molecule has 2 atom stereocenters. The Morgan fingerprint density at radius 3 is 1.34 bits per heavy atom. The monoisotopic (exact) mass is 386 g/mol. The van der Waals surface area contributed by atoms with E-state index in [1.165, 1.54) is 22.3 Å². The van der Waals surface area contributed by atoms with Gasteiger partial charge in [-0.1, -0.05) is 124 Å². The van der Waals surface area contributed by atoms with Crippen molar-refractivity contribution in [1.29, 1.82) is 0 Å². The van der Waals surface area contributed by atoms with Gasteiger partial charge in [0.15, 0.2) is 0 Å². The zero-order valence-electron chi connectivity index (χ0n) is 19.7. The zero-order chi connectivity index (χ0) is 21.4. The third kappa shape index (κ3) is 3.52. The lowest BCUT2D eigenvalue weighted by molar-refractivity contribution is 0.170. The van der Waals surface area contributed by atoms with Crippen LogP contribution >= 0.6 is 0 Å². The lowest BCUT2D eigenvalue weighted by Gasteiger charge is -2.42. The largest absolute Gasteiger partial charge is 0.0645 e. The van der Waals surface area contributed by atoms with Crippen LogP contribution in [0.15, 0.2) is 59.7 Å². The maximum atomic E-state index is 2.50. The highest BCUT2D eigenvalue weighted by atomic mass is 14.6. The number of benzene rings is 2. The molecule has 154 valence electrons. The molecule has 0 aliphatic heterocycles. The maximum Gasteiger partial charge on any atom is 0.00822 e. The van der Waals surface area contributed by atoms with E-state index >= 15 is 0 Å². The maximum absolute atomic E-state index is 2.50. The first kappa shape index (κ1) is 21.6. The summed E-state index contributed by atoms with van der Waals surface area (Å²) in [5, 5.41) is 0. The standard InChI is InChI=1S/C29H38/c1-9-28(7)25(19-23-15-11-13-21(3)17-23)27(5,6)26(29(28,8)10-2)20-24-16-12-14-22(4)18-24/h11-20H,9-10H2,1-8H3. The van der Waals surface area contributed by atoms with Gasteiger partial charge >= 0.3 is 0 Å². The fourth-order valence-corrected chi connectivity index (χ4v) is 5.81. The molecule has 0 saturated heterocycles. The predicted molar refractivity (Wildman–Crippen MR) is 129 cm³/mol. The zero-order valence-corrected chi connectivity index (χ0v) is 19.7. The Bertz CT molecular complexity index is 878. The minimum absolute atomic E-state index is 0.0169. The molecule has 0 heterocycles.